The molecule has 0 radical (unpaired) electrons. The van der Waals surface area contributed by atoms with Crippen LogP contribution in [-0.2, 0) is 10.0 Å². The molecule has 2 aromatic rings. The fourth-order valence-electron chi connectivity index (χ4n) is 1.89. The monoisotopic (exact) mass is 328 g/mol. The molecule has 4 nitrogen and oxygen atoms in total. The number of nitrogens with one attached hydrogen (secondary N) is 1. The van der Waals surface area contributed by atoms with E-state index in [0.29, 0.717) is 10.6 Å². The molecule has 0 aliphatic rings. The van der Waals surface area contributed by atoms with Crippen molar-refractivity contribution in [2.24, 2.45) is 0 Å². The zero-order valence-corrected chi connectivity index (χ0v) is 12.7. The molecule has 2 aromatic carbocycles. The Labute approximate surface area is 127 Å². The lowest BCUT2D eigenvalue weighted by atomic mass is 10.1. The Bertz CT molecular complexity index is 765. The van der Waals surface area contributed by atoms with Crippen LogP contribution in [0.3, 0.4) is 0 Å². The van der Waals surface area contributed by atoms with Crippen LogP contribution < -0.4 is 10.5 Å². The number of benzene rings is 2. The first kappa shape index (κ1) is 15.8. The fraction of sp³-hybridized carbons (Fsp3) is 0.143. The summed E-state index contributed by atoms with van der Waals surface area (Å²) >= 11 is 5.88. The van der Waals surface area contributed by atoms with Gasteiger partial charge in [-0.05, 0) is 36.8 Å². The molecule has 0 fully saturated rings. The second-order valence-corrected chi connectivity index (χ2v) is 6.67. The molecule has 0 aromatic heterocycles. The number of nitrogens with two attached hydrogens (primary N) is 1. The summed E-state index contributed by atoms with van der Waals surface area (Å²) in [5, 5.41) is 0.504. The fourth-order valence-corrected chi connectivity index (χ4v) is 3.46. The second kappa shape index (κ2) is 6.01. The van der Waals surface area contributed by atoms with Crippen LogP contribution in [0.1, 0.15) is 18.5 Å². The Morgan fingerprint density at radius 3 is 2.57 bits per heavy atom. The smallest absolute Gasteiger partial charge is 0.243 e. The van der Waals surface area contributed by atoms with Crippen molar-refractivity contribution in [1.82, 2.24) is 4.72 Å². The first-order valence-electron chi connectivity index (χ1n) is 6.13. The second-order valence-electron chi connectivity index (χ2n) is 4.55. The van der Waals surface area contributed by atoms with Gasteiger partial charge in [-0.25, -0.2) is 17.5 Å². The van der Waals surface area contributed by atoms with E-state index in [4.69, 9.17) is 17.3 Å². The van der Waals surface area contributed by atoms with Gasteiger partial charge in [-0.1, -0.05) is 29.8 Å². The molecule has 0 saturated heterocycles. The van der Waals surface area contributed by atoms with E-state index in [1.807, 2.05) is 0 Å². The van der Waals surface area contributed by atoms with Crippen molar-refractivity contribution in [3.63, 3.8) is 0 Å². The number of hydrogen-bond acceptors (Lipinski definition) is 3. The van der Waals surface area contributed by atoms with Gasteiger partial charge >= 0.3 is 0 Å². The number of halogens is 2. The summed E-state index contributed by atoms with van der Waals surface area (Å²) in [6.45, 7) is 1.67. The Morgan fingerprint density at radius 2 is 1.90 bits per heavy atom. The molecule has 0 bridgehead atoms. The van der Waals surface area contributed by atoms with E-state index in [-0.39, 0.29) is 4.90 Å². The Hall–Kier alpha value is -1.63. The van der Waals surface area contributed by atoms with Gasteiger partial charge in [0.2, 0.25) is 10.0 Å². The van der Waals surface area contributed by atoms with Gasteiger partial charge in [-0.2, -0.15) is 0 Å². The number of anilines is 1. The molecule has 1 unspecified atom stereocenters. The average molecular weight is 329 g/mol. The average Bonchev–Trinajstić information content (AvgIpc) is 2.41. The SMILES string of the molecule is CC(NS(=O)(=O)c1cccc(F)c1N)c1cccc(Cl)c1. The summed E-state index contributed by atoms with van der Waals surface area (Å²) in [6.07, 6.45) is 0. The molecule has 1 atom stereocenters. The van der Waals surface area contributed by atoms with Crippen LogP contribution in [0.4, 0.5) is 10.1 Å². The Kier molecular flexibility index (Phi) is 4.51. The predicted molar refractivity (Wildman–Crippen MR) is 81.0 cm³/mol. The molecule has 7 heteroatoms. The van der Waals surface area contributed by atoms with Gasteiger partial charge in [0.15, 0.2) is 0 Å². The molecule has 112 valence electrons. The van der Waals surface area contributed by atoms with Crippen LogP contribution in [0.25, 0.3) is 0 Å². The summed E-state index contributed by atoms with van der Waals surface area (Å²) in [5.74, 6) is -0.770. The van der Waals surface area contributed by atoms with Crippen molar-refractivity contribution < 1.29 is 12.8 Å². The van der Waals surface area contributed by atoms with E-state index in [2.05, 4.69) is 4.72 Å². The highest BCUT2D eigenvalue weighted by Crippen LogP contribution is 2.24. The van der Waals surface area contributed by atoms with Gasteiger partial charge < -0.3 is 5.73 Å². The van der Waals surface area contributed by atoms with Gasteiger partial charge in [0.1, 0.15) is 10.7 Å². The standard InChI is InChI=1S/C14H14ClFN2O2S/c1-9(10-4-2-5-11(15)8-10)18-21(19,20)13-7-3-6-12(16)14(13)17/h2-9,18H,17H2,1H3. The number of nitrogen functional groups attached to an aromatic ring is 1. The molecule has 2 rings (SSSR count). The summed E-state index contributed by atoms with van der Waals surface area (Å²) in [6, 6.07) is 9.94. The Morgan fingerprint density at radius 1 is 1.24 bits per heavy atom. The van der Waals surface area contributed by atoms with E-state index >= 15 is 0 Å². The van der Waals surface area contributed by atoms with Crippen LogP contribution in [0, 0.1) is 5.82 Å². The summed E-state index contributed by atoms with van der Waals surface area (Å²) in [4.78, 5) is -0.281. The number of para-hydroxylation sites is 1. The van der Waals surface area contributed by atoms with Gasteiger partial charge in [-0.15, -0.1) is 0 Å². The minimum absolute atomic E-state index is 0.281. The summed E-state index contributed by atoms with van der Waals surface area (Å²) in [5.41, 5.74) is 5.79. The molecule has 0 aliphatic carbocycles. The van der Waals surface area contributed by atoms with Crippen molar-refractivity contribution in [3.8, 4) is 0 Å². The largest absolute Gasteiger partial charge is 0.395 e. The highest BCUT2D eigenvalue weighted by atomic mass is 35.5. The minimum atomic E-state index is -3.93. The third-order valence-corrected chi connectivity index (χ3v) is 4.82. The van der Waals surface area contributed by atoms with Crippen LogP contribution in [0.15, 0.2) is 47.4 Å². The van der Waals surface area contributed by atoms with Crippen molar-refractivity contribution in [2.45, 2.75) is 17.9 Å². The maximum atomic E-state index is 13.4. The van der Waals surface area contributed by atoms with E-state index in [1.54, 1.807) is 31.2 Å². The van der Waals surface area contributed by atoms with Gasteiger partial charge in [0, 0.05) is 11.1 Å². The molecule has 0 aliphatic heterocycles. The number of rotatable bonds is 4. The maximum absolute atomic E-state index is 13.4. The van der Waals surface area contributed by atoms with Crippen molar-refractivity contribution in [2.75, 3.05) is 5.73 Å². The number of sulfonamides is 1. The quantitative estimate of drug-likeness (QED) is 0.847. The zero-order valence-electron chi connectivity index (χ0n) is 11.2. The van der Waals surface area contributed by atoms with Gasteiger partial charge in [-0.3, -0.25) is 0 Å². The molecule has 3 N–H and O–H groups in total. The third kappa shape index (κ3) is 3.53. The summed E-state index contributed by atoms with van der Waals surface area (Å²) < 4.78 is 40.4. The van der Waals surface area contributed by atoms with E-state index in [9.17, 15) is 12.8 Å². The molecule has 21 heavy (non-hydrogen) atoms. The van der Waals surface area contributed by atoms with Crippen molar-refractivity contribution in [3.05, 3.63) is 58.9 Å². The molecular weight excluding hydrogens is 315 g/mol. The Balaban J connectivity index is 2.31. The van der Waals surface area contributed by atoms with E-state index in [0.717, 1.165) is 6.07 Å². The highest BCUT2D eigenvalue weighted by Gasteiger charge is 2.22. The lowest BCUT2D eigenvalue weighted by molar-refractivity contribution is 0.565. The van der Waals surface area contributed by atoms with E-state index < -0.39 is 27.6 Å². The van der Waals surface area contributed by atoms with Crippen molar-refractivity contribution in [1.29, 1.82) is 0 Å². The van der Waals surface area contributed by atoms with E-state index in [1.165, 1.54) is 12.1 Å². The minimum Gasteiger partial charge on any atom is -0.395 e. The van der Waals surface area contributed by atoms with Crippen LogP contribution in [-0.4, -0.2) is 8.42 Å². The topological polar surface area (TPSA) is 72.2 Å². The predicted octanol–water partition coefficient (Wildman–Crippen LogP) is 3.10. The van der Waals surface area contributed by atoms with Crippen LogP contribution in [0.5, 0.6) is 0 Å². The first-order valence-corrected chi connectivity index (χ1v) is 7.99. The molecule has 0 amide bonds. The first-order chi connectivity index (χ1) is 9.81. The molecule has 0 heterocycles. The van der Waals surface area contributed by atoms with Crippen LogP contribution in [0.2, 0.25) is 5.02 Å². The highest BCUT2D eigenvalue weighted by molar-refractivity contribution is 7.89. The summed E-state index contributed by atoms with van der Waals surface area (Å²) in [7, 11) is -3.93. The van der Waals surface area contributed by atoms with Crippen molar-refractivity contribution >= 4 is 27.3 Å². The normalized spacial score (nSPS) is 13.1. The number of hydrogen-bond donors (Lipinski definition) is 2. The third-order valence-electron chi connectivity index (χ3n) is 2.98. The molecule has 0 saturated carbocycles. The van der Waals surface area contributed by atoms with Gasteiger partial charge in [0.25, 0.3) is 0 Å². The molecule has 0 spiro atoms. The zero-order chi connectivity index (χ0) is 15.6. The van der Waals surface area contributed by atoms with Gasteiger partial charge in [0.05, 0.1) is 5.69 Å². The maximum Gasteiger partial charge on any atom is 0.243 e. The van der Waals surface area contributed by atoms with Crippen LogP contribution >= 0.6 is 11.6 Å². The lowest BCUT2D eigenvalue weighted by Crippen LogP contribution is -2.27. The lowest BCUT2D eigenvalue weighted by Gasteiger charge is -2.16. The molecular formula is C14H14ClFN2O2S.